The van der Waals surface area contributed by atoms with Crippen LogP contribution in [0, 0.1) is 0 Å². The third-order valence-corrected chi connectivity index (χ3v) is 4.34. The Bertz CT molecular complexity index is 694. The quantitative estimate of drug-likeness (QED) is 0.888. The zero-order valence-corrected chi connectivity index (χ0v) is 11.9. The van der Waals surface area contributed by atoms with Crippen LogP contribution in [0.5, 0.6) is 0 Å². The van der Waals surface area contributed by atoms with Gasteiger partial charge in [0.25, 0.3) is 5.91 Å². The third-order valence-electron chi connectivity index (χ3n) is 3.10. The molecule has 2 N–H and O–H groups in total. The van der Waals surface area contributed by atoms with Gasteiger partial charge in [0.2, 0.25) is 5.82 Å². The van der Waals surface area contributed by atoms with Crippen LogP contribution in [0.3, 0.4) is 0 Å². The van der Waals surface area contributed by atoms with E-state index in [2.05, 4.69) is 25.9 Å². The highest BCUT2D eigenvalue weighted by atomic mass is 32.2. The molecule has 1 unspecified atom stereocenters. The number of benzene rings is 1. The Hall–Kier alpha value is -2.35. The summed E-state index contributed by atoms with van der Waals surface area (Å²) < 4.78 is 11.4. The number of aromatic amines is 1. The van der Waals surface area contributed by atoms with Crippen molar-refractivity contribution in [1.29, 1.82) is 0 Å². The fraction of sp³-hybridized carbons (Fsp3) is 0.231. The summed E-state index contributed by atoms with van der Waals surface area (Å²) in [6.45, 7) is 0. The van der Waals surface area contributed by atoms with Crippen LogP contribution >= 0.6 is 0 Å². The number of anilines is 1. The zero-order valence-electron chi connectivity index (χ0n) is 11.1. The van der Waals surface area contributed by atoms with Gasteiger partial charge in [-0.2, -0.15) is 5.21 Å². The molecule has 0 saturated heterocycles. The number of rotatable bonds is 3. The number of tetrazole rings is 1. The van der Waals surface area contributed by atoms with Crippen molar-refractivity contribution in [2.45, 2.75) is 12.8 Å². The van der Waals surface area contributed by atoms with Crippen molar-refractivity contribution in [3.8, 4) is 11.4 Å². The van der Waals surface area contributed by atoms with Crippen LogP contribution in [0.25, 0.3) is 11.4 Å². The van der Waals surface area contributed by atoms with E-state index in [1.807, 2.05) is 0 Å². The number of nitrogens with zero attached hydrogens (tertiary/aromatic N) is 3. The molecule has 1 aromatic heterocycles. The van der Waals surface area contributed by atoms with Crippen molar-refractivity contribution in [2.24, 2.45) is 0 Å². The minimum atomic E-state index is -1.02. The Morgan fingerprint density at radius 3 is 2.76 bits per heavy atom. The van der Waals surface area contributed by atoms with Crippen LogP contribution in [0.1, 0.15) is 12.8 Å². The van der Waals surface area contributed by atoms with Gasteiger partial charge in [-0.15, -0.1) is 10.2 Å². The molecule has 1 aromatic carbocycles. The van der Waals surface area contributed by atoms with E-state index in [1.54, 1.807) is 29.7 Å². The molecule has 0 spiro atoms. The van der Waals surface area contributed by atoms with E-state index in [9.17, 15) is 9.00 Å². The first kappa shape index (κ1) is 13.6. The number of H-pyrrole nitrogens is 1. The normalized spacial score (nSPS) is 18.1. The molecule has 2 heterocycles. The predicted molar refractivity (Wildman–Crippen MR) is 78.6 cm³/mol. The molecule has 1 aliphatic heterocycles. The van der Waals surface area contributed by atoms with Crippen LogP contribution in [-0.2, 0) is 15.6 Å². The Kier molecular flexibility index (Phi) is 3.87. The summed E-state index contributed by atoms with van der Waals surface area (Å²) >= 11 is 0. The number of aromatic nitrogens is 4. The van der Waals surface area contributed by atoms with Crippen LogP contribution in [-0.4, -0.2) is 36.5 Å². The zero-order chi connectivity index (χ0) is 14.7. The molecule has 0 aliphatic carbocycles. The molecule has 108 valence electrons. The first-order chi connectivity index (χ1) is 10.2. The van der Waals surface area contributed by atoms with Gasteiger partial charge in [0.1, 0.15) is 0 Å². The van der Waals surface area contributed by atoms with Crippen molar-refractivity contribution in [3.63, 3.8) is 0 Å². The maximum absolute atomic E-state index is 12.1. The second kappa shape index (κ2) is 5.96. The maximum Gasteiger partial charge on any atom is 0.252 e. The highest BCUT2D eigenvalue weighted by molar-refractivity contribution is 7.88. The first-order valence-corrected chi connectivity index (χ1v) is 7.84. The molecule has 1 aliphatic rings. The minimum Gasteiger partial charge on any atom is -0.322 e. The number of amides is 1. The molecule has 1 amide bonds. The molecule has 0 bridgehead atoms. The standard InChI is InChI=1S/C13H13N5O2S/c19-13(10-2-1-7-21(20)8-10)14-11-5-3-9(4-6-11)12-15-17-18-16-12/h3-6,8H,1-2,7H2,(H,14,19)(H,15,16,17,18). The van der Waals surface area contributed by atoms with Crippen LogP contribution in [0.2, 0.25) is 0 Å². The topological polar surface area (TPSA) is 101 Å². The smallest absolute Gasteiger partial charge is 0.252 e. The highest BCUT2D eigenvalue weighted by Crippen LogP contribution is 2.19. The monoisotopic (exact) mass is 303 g/mol. The molecule has 21 heavy (non-hydrogen) atoms. The average molecular weight is 303 g/mol. The summed E-state index contributed by atoms with van der Waals surface area (Å²) in [5, 5.41) is 18.0. The van der Waals surface area contributed by atoms with Gasteiger partial charge in [-0.3, -0.25) is 9.00 Å². The van der Waals surface area contributed by atoms with Gasteiger partial charge in [-0.1, -0.05) is 0 Å². The Morgan fingerprint density at radius 2 is 2.10 bits per heavy atom. The third kappa shape index (κ3) is 3.22. The number of hydrogen-bond donors (Lipinski definition) is 2. The lowest BCUT2D eigenvalue weighted by atomic mass is 10.1. The summed E-state index contributed by atoms with van der Waals surface area (Å²) in [6.07, 6.45) is 1.45. The van der Waals surface area contributed by atoms with E-state index in [0.29, 0.717) is 29.3 Å². The van der Waals surface area contributed by atoms with Crippen LogP contribution in [0.4, 0.5) is 5.69 Å². The van der Waals surface area contributed by atoms with E-state index in [1.165, 1.54) is 0 Å². The molecule has 0 saturated carbocycles. The van der Waals surface area contributed by atoms with Crippen molar-refractivity contribution < 1.29 is 9.00 Å². The minimum absolute atomic E-state index is 0.199. The average Bonchev–Trinajstić information content (AvgIpc) is 3.02. The molecule has 0 radical (unpaired) electrons. The van der Waals surface area contributed by atoms with Crippen molar-refractivity contribution in [2.75, 3.05) is 11.1 Å². The number of nitrogens with one attached hydrogen (secondary N) is 2. The Labute approximate surface area is 123 Å². The molecule has 7 nitrogen and oxygen atoms in total. The van der Waals surface area contributed by atoms with E-state index in [4.69, 9.17) is 0 Å². The van der Waals surface area contributed by atoms with Gasteiger partial charge < -0.3 is 5.32 Å². The van der Waals surface area contributed by atoms with E-state index in [-0.39, 0.29) is 5.91 Å². The highest BCUT2D eigenvalue weighted by Gasteiger charge is 2.15. The summed E-state index contributed by atoms with van der Waals surface area (Å²) in [7, 11) is -1.02. The Balaban J connectivity index is 1.70. The molecule has 3 rings (SSSR count). The summed E-state index contributed by atoms with van der Waals surface area (Å²) in [5.41, 5.74) is 2.06. The fourth-order valence-corrected chi connectivity index (χ4v) is 3.14. The molecule has 1 atom stereocenters. The van der Waals surface area contributed by atoms with E-state index < -0.39 is 10.8 Å². The maximum atomic E-state index is 12.1. The lowest BCUT2D eigenvalue weighted by Gasteiger charge is -2.12. The predicted octanol–water partition coefficient (Wildman–Crippen LogP) is 1.23. The van der Waals surface area contributed by atoms with Gasteiger partial charge in [-0.05, 0) is 42.3 Å². The second-order valence-corrected chi connectivity index (χ2v) is 6.00. The molecule has 2 aromatic rings. The fourth-order valence-electron chi connectivity index (χ4n) is 2.05. The lowest BCUT2D eigenvalue weighted by molar-refractivity contribution is -0.113. The van der Waals surface area contributed by atoms with Gasteiger partial charge in [0.15, 0.2) is 0 Å². The molecule has 0 fully saturated rings. The largest absolute Gasteiger partial charge is 0.322 e. The van der Waals surface area contributed by atoms with E-state index >= 15 is 0 Å². The summed E-state index contributed by atoms with van der Waals surface area (Å²) in [5.74, 6) is 0.935. The van der Waals surface area contributed by atoms with Crippen molar-refractivity contribution >= 4 is 22.4 Å². The van der Waals surface area contributed by atoms with Crippen LogP contribution < -0.4 is 5.32 Å². The summed E-state index contributed by atoms with van der Waals surface area (Å²) in [6, 6.07) is 7.13. The molecular weight excluding hydrogens is 290 g/mol. The van der Waals surface area contributed by atoms with E-state index in [0.717, 1.165) is 12.0 Å². The van der Waals surface area contributed by atoms with Crippen molar-refractivity contribution in [1.82, 2.24) is 20.6 Å². The first-order valence-electron chi connectivity index (χ1n) is 6.45. The second-order valence-electron chi connectivity index (χ2n) is 4.60. The Morgan fingerprint density at radius 1 is 1.29 bits per heavy atom. The molecular formula is C13H13N5O2S. The molecule has 8 heteroatoms. The number of carbonyl (C=O) groups excluding carboxylic acids is 1. The van der Waals surface area contributed by atoms with Gasteiger partial charge in [0, 0.05) is 38.8 Å². The van der Waals surface area contributed by atoms with Gasteiger partial charge in [0.05, 0.1) is 0 Å². The van der Waals surface area contributed by atoms with Crippen molar-refractivity contribution in [3.05, 3.63) is 35.2 Å². The van der Waals surface area contributed by atoms with Gasteiger partial charge in [-0.25, -0.2) is 0 Å². The SMILES string of the molecule is O=C(Nc1ccc(-c2nn[nH]n2)cc1)C1=CS(=O)CCC1. The lowest BCUT2D eigenvalue weighted by Crippen LogP contribution is -2.18. The summed E-state index contributed by atoms with van der Waals surface area (Å²) in [4.78, 5) is 12.1. The van der Waals surface area contributed by atoms with Gasteiger partial charge >= 0.3 is 0 Å². The van der Waals surface area contributed by atoms with Crippen LogP contribution in [0.15, 0.2) is 35.2 Å². The number of carbonyl (C=O) groups is 1. The number of hydrogen-bond acceptors (Lipinski definition) is 5.